The predicted molar refractivity (Wildman–Crippen MR) is 60.2 cm³/mol. The highest BCUT2D eigenvalue weighted by Gasteiger charge is 2.35. The second-order valence-corrected chi connectivity index (χ2v) is 3.63. The number of hydrogen-bond donors (Lipinski definition) is 1. The maximum atomic E-state index is 13.4. The van der Waals surface area contributed by atoms with E-state index < -0.39 is 0 Å². The summed E-state index contributed by atoms with van der Waals surface area (Å²) in [6.45, 7) is 2.32. The molecule has 0 saturated heterocycles. The van der Waals surface area contributed by atoms with Gasteiger partial charge in [0, 0.05) is 12.0 Å². The van der Waals surface area contributed by atoms with Crippen molar-refractivity contribution in [2.24, 2.45) is 5.73 Å². The maximum absolute atomic E-state index is 13.4. The monoisotopic (exact) mass is 231 g/mol. The van der Waals surface area contributed by atoms with Gasteiger partial charge in [-0.2, -0.15) is 0 Å². The fourth-order valence-electron chi connectivity index (χ4n) is 1.62. The van der Waals surface area contributed by atoms with Gasteiger partial charge < -0.3 is 10.5 Å². The smallest absolute Gasteiger partial charge is 0.165 e. The van der Waals surface area contributed by atoms with Gasteiger partial charge in [-0.15, -0.1) is 12.4 Å². The largest absolute Gasteiger partial charge is 0.491 e. The second-order valence-electron chi connectivity index (χ2n) is 3.63. The Balaban J connectivity index is 0.00000112. The van der Waals surface area contributed by atoms with Gasteiger partial charge in [-0.25, -0.2) is 4.39 Å². The molecule has 1 aliphatic rings. The van der Waals surface area contributed by atoms with Crippen molar-refractivity contribution in [3.8, 4) is 5.75 Å². The molecule has 1 aromatic carbocycles. The third-order valence-corrected chi connectivity index (χ3v) is 2.52. The van der Waals surface area contributed by atoms with Gasteiger partial charge in [-0.3, -0.25) is 0 Å². The molecule has 0 amide bonds. The van der Waals surface area contributed by atoms with Gasteiger partial charge in [0.25, 0.3) is 0 Å². The van der Waals surface area contributed by atoms with E-state index in [1.165, 1.54) is 6.07 Å². The fraction of sp³-hybridized carbons (Fsp3) is 0.455. The Bertz CT molecular complexity index is 345. The van der Waals surface area contributed by atoms with E-state index in [1.807, 2.05) is 13.0 Å². The molecule has 15 heavy (non-hydrogen) atoms. The summed E-state index contributed by atoms with van der Waals surface area (Å²) in [7, 11) is 0. The minimum Gasteiger partial charge on any atom is -0.491 e. The Kier molecular flexibility index (Phi) is 3.94. The molecule has 0 bridgehead atoms. The van der Waals surface area contributed by atoms with Crippen molar-refractivity contribution in [2.75, 3.05) is 6.61 Å². The van der Waals surface area contributed by atoms with Crippen molar-refractivity contribution in [2.45, 2.75) is 25.3 Å². The van der Waals surface area contributed by atoms with E-state index in [0.717, 1.165) is 12.0 Å². The molecule has 2 nitrogen and oxygen atoms in total. The zero-order chi connectivity index (χ0) is 10.1. The Hall–Kier alpha value is -0.800. The number of benzene rings is 1. The third-order valence-electron chi connectivity index (χ3n) is 2.52. The summed E-state index contributed by atoms with van der Waals surface area (Å²) in [5.41, 5.74) is 6.68. The van der Waals surface area contributed by atoms with Crippen molar-refractivity contribution in [3.63, 3.8) is 0 Å². The van der Waals surface area contributed by atoms with E-state index in [0.29, 0.717) is 18.3 Å². The van der Waals surface area contributed by atoms with E-state index in [1.54, 1.807) is 6.07 Å². The lowest BCUT2D eigenvalue weighted by atomic mass is 10.1. The summed E-state index contributed by atoms with van der Waals surface area (Å²) in [6.07, 6.45) is 0.966. The lowest BCUT2D eigenvalue weighted by Gasteiger charge is -2.06. The van der Waals surface area contributed by atoms with E-state index in [9.17, 15) is 4.39 Å². The van der Waals surface area contributed by atoms with Gasteiger partial charge in [0.15, 0.2) is 11.6 Å². The van der Waals surface area contributed by atoms with Crippen molar-refractivity contribution in [1.29, 1.82) is 0 Å². The maximum Gasteiger partial charge on any atom is 0.165 e. The third kappa shape index (κ3) is 2.61. The molecule has 0 unspecified atom stereocenters. The van der Waals surface area contributed by atoms with E-state index in [2.05, 4.69) is 0 Å². The Labute approximate surface area is 95.0 Å². The lowest BCUT2D eigenvalue weighted by molar-refractivity contribution is 0.321. The minimum absolute atomic E-state index is 0. The fourth-order valence-corrected chi connectivity index (χ4v) is 1.62. The molecule has 84 valence electrons. The molecular formula is C11H15ClFNO. The van der Waals surface area contributed by atoms with Gasteiger partial charge in [0.2, 0.25) is 0 Å². The number of hydrogen-bond acceptors (Lipinski definition) is 2. The lowest BCUT2D eigenvalue weighted by Crippen LogP contribution is -2.01. The summed E-state index contributed by atoms with van der Waals surface area (Å²) in [5, 5.41) is 0. The zero-order valence-electron chi connectivity index (χ0n) is 8.57. The number of halogens is 2. The quantitative estimate of drug-likeness (QED) is 0.868. The standard InChI is InChI=1S/C11H14FNO.ClH/c1-2-14-11-4-3-7(5-9(11)12)8-6-10(8)13;/h3-5,8,10H,2,6,13H2,1H3;1H/t8-,10+;/m1./s1. The highest BCUT2D eigenvalue weighted by atomic mass is 35.5. The summed E-state index contributed by atoms with van der Waals surface area (Å²) >= 11 is 0. The molecule has 1 saturated carbocycles. The average Bonchev–Trinajstić information content (AvgIpc) is 2.87. The molecule has 0 aliphatic heterocycles. The SMILES string of the molecule is CCOc1ccc([C@H]2C[C@@H]2N)cc1F.Cl. The summed E-state index contributed by atoms with van der Waals surface area (Å²) in [5.74, 6) is 0.383. The van der Waals surface area contributed by atoms with Gasteiger partial charge in [0.1, 0.15) is 0 Å². The summed E-state index contributed by atoms with van der Waals surface area (Å²) in [6, 6.07) is 5.32. The van der Waals surface area contributed by atoms with Gasteiger partial charge in [0.05, 0.1) is 6.61 Å². The Morgan fingerprint density at radius 1 is 1.53 bits per heavy atom. The van der Waals surface area contributed by atoms with Crippen molar-refractivity contribution in [1.82, 2.24) is 0 Å². The minimum atomic E-state index is -0.288. The first-order chi connectivity index (χ1) is 6.72. The average molecular weight is 232 g/mol. The van der Waals surface area contributed by atoms with E-state index in [-0.39, 0.29) is 24.3 Å². The zero-order valence-corrected chi connectivity index (χ0v) is 9.39. The Morgan fingerprint density at radius 2 is 2.20 bits per heavy atom. The molecule has 2 N–H and O–H groups in total. The summed E-state index contributed by atoms with van der Waals surface area (Å²) < 4.78 is 18.5. The van der Waals surface area contributed by atoms with Crippen LogP contribution < -0.4 is 10.5 Å². The van der Waals surface area contributed by atoms with Gasteiger partial charge >= 0.3 is 0 Å². The first-order valence-electron chi connectivity index (χ1n) is 4.90. The van der Waals surface area contributed by atoms with Crippen LogP contribution in [-0.4, -0.2) is 12.6 Å². The normalized spacial score (nSPS) is 23.1. The topological polar surface area (TPSA) is 35.2 Å². The van der Waals surface area contributed by atoms with E-state index in [4.69, 9.17) is 10.5 Å². The molecule has 2 atom stereocenters. The van der Waals surface area contributed by atoms with Crippen molar-refractivity contribution >= 4 is 12.4 Å². The van der Waals surface area contributed by atoms with Crippen LogP contribution in [0.2, 0.25) is 0 Å². The van der Waals surface area contributed by atoms with Crippen LogP contribution in [0, 0.1) is 5.82 Å². The van der Waals surface area contributed by atoms with Crippen LogP contribution in [0.1, 0.15) is 24.8 Å². The highest BCUT2D eigenvalue weighted by Crippen LogP contribution is 2.39. The number of rotatable bonds is 3. The Morgan fingerprint density at radius 3 is 2.67 bits per heavy atom. The molecule has 0 aromatic heterocycles. The van der Waals surface area contributed by atoms with Crippen LogP contribution >= 0.6 is 12.4 Å². The highest BCUT2D eigenvalue weighted by molar-refractivity contribution is 5.85. The molecule has 1 aromatic rings. The second kappa shape index (κ2) is 4.81. The molecule has 4 heteroatoms. The number of ether oxygens (including phenoxy) is 1. The van der Waals surface area contributed by atoms with Gasteiger partial charge in [-0.1, -0.05) is 6.07 Å². The molecule has 0 spiro atoms. The summed E-state index contributed by atoms with van der Waals surface area (Å²) in [4.78, 5) is 0. The van der Waals surface area contributed by atoms with Crippen LogP contribution in [0.3, 0.4) is 0 Å². The molecule has 0 radical (unpaired) electrons. The molecule has 2 rings (SSSR count). The molecule has 0 heterocycles. The van der Waals surface area contributed by atoms with Crippen molar-refractivity contribution < 1.29 is 9.13 Å². The molecule has 1 fully saturated rings. The van der Waals surface area contributed by atoms with Crippen molar-refractivity contribution in [3.05, 3.63) is 29.6 Å². The first-order valence-corrected chi connectivity index (χ1v) is 4.90. The predicted octanol–water partition coefficient (Wildman–Crippen LogP) is 2.46. The van der Waals surface area contributed by atoms with Crippen LogP contribution in [-0.2, 0) is 0 Å². The molecule has 1 aliphatic carbocycles. The first kappa shape index (κ1) is 12.3. The van der Waals surface area contributed by atoms with Crippen LogP contribution in [0.15, 0.2) is 18.2 Å². The number of nitrogens with two attached hydrogens (primary N) is 1. The molecular weight excluding hydrogens is 217 g/mol. The van der Waals surface area contributed by atoms with Crippen LogP contribution in [0.5, 0.6) is 5.75 Å². The van der Waals surface area contributed by atoms with Crippen LogP contribution in [0.4, 0.5) is 4.39 Å². The van der Waals surface area contributed by atoms with Crippen LogP contribution in [0.25, 0.3) is 0 Å². The van der Waals surface area contributed by atoms with E-state index >= 15 is 0 Å². The van der Waals surface area contributed by atoms with Gasteiger partial charge in [-0.05, 0) is 31.0 Å².